The summed E-state index contributed by atoms with van der Waals surface area (Å²) in [5.41, 5.74) is 4.47. The Morgan fingerprint density at radius 1 is 1.00 bits per heavy atom. The fourth-order valence-corrected chi connectivity index (χ4v) is 2.37. The summed E-state index contributed by atoms with van der Waals surface area (Å²) < 4.78 is 0. The normalized spacial score (nSPS) is 12.7. The van der Waals surface area contributed by atoms with E-state index in [0.29, 0.717) is 0 Å². The zero-order chi connectivity index (χ0) is 12.7. The van der Waals surface area contributed by atoms with Gasteiger partial charge in [0.25, 0.3) is 0 Å². The molecule has 0 bridgehead atoms. The van der Waals surface area contributed by atoms with E-state index < -0.39 is 0 Å². The molecule has 1 heteroatoms. The molecule has 17 heavy (non-hydrogen) atoms. The van der Waals surface area contributed by atoms with Gasteiger partial charge in [-0.05, 0) is 49.3 Å². The molecule has 0 aliphatic carbocycles. The van der Waals surface area contributed by atoms with Gasteiger partial charge >= 0.3 is 0 Å². The molecule has 1 nitrogen and oxygen atoms in total. The van der Waals surface area contributed by atoms with Crippen molar-refractivity contribution in [2.75, 3.05) is 0 Å². The van der Waals surface area contributed by atoms with Gasteiger partial charge in [-0.25, -0.2) is 0 Å². The van der Waals surface area contributed by atoms with Crippen molar-refractivity contribution in [1.82, 2.24) is 0 Å². The highest BCUT2D eigenvalue weighted by Gasteiger charge is 2.08. The highest BCUT2D eigenvalue weighted by Crippen LogP contribution is 2.20. The molecule has 1 rings (SSSR count). The van der Waals surface area contributed by atoms with E-state index in [1.807, 2.05) is 6.92 Å². The Kier molecular flexibility index (Phi) is 6.28. The second kappa shape index (κ2) is 7.50. The van der Waals surface area contributed by atoms with Crippen LogP contribution in [-0.4, -0.2) is 11.2 Å². The molecule has 0 radical (unpaired) electrons. The maximum absolute atomic E-state index is 9.46. The quantitative estimate of drug-likeness (QED) is 0.758. The first kappa shape index (κ1) is 14.2. The lowest BCUT2D eigenvalue weighted by atomic mass is 9.91. The van der Waals surface area contributed by atoms with Crippen molar-refractivity contribution >= 4 is 0 Å². The molecule has 0 aliphatic rings. The first-order chi connectivity index (χ1) is 8.19. The smallest absolute Gasteiger partial charge is 0.0515 e. The van der Waals surface area contributed by atoms with Crippen LogP contribution in [0.4, 0.5) is 0 Å². The molecule has 1 unspecified atom stereocenters. The first-order valence-electron chi connectivity index (χ1n) is 6.96. The number of hydrogen-bond acceptors (Lipinski definition) is 1. The molecule has 0 aromatic heterocycles. The van der Waals surface area contributed by atoms with Crippen molar-refractivity contribution in [3.63, 3.8) is 0 Å². The molecule has 1 N–H and O–H groups in total. The second-order valence-corrected chi connectivity index (χ2v) is 4.94. The summed E-state index contributed by atoms with van der Waals surface area (Å²) in [6.07, 6.45) is 6.40. The van der Waals surface area contributed by atoms with Gasteiger partial charge in [0.1, 0.15) is 0 Å². The zero-order valence-electron chi connectivity index (χ0n) is 11.5. The monoisotopic (exact) mass is 234 g/mol. The Balaban J connectivity index is 2.91. The predicted molar refractivity (Wildman–Crippen MR) is 74.4 cm³/mol. The number of benzene rings is 1. The molecule has 1 aromatic carbocycles. The van der Waals surface area contributed by atoms with Gasteiger partial charge in [0.05, 0.1) is 6.10 Å². The molecule has 0 aliphatic heterocycles. The fraction of sp³-hybridized carbons (Fsp3) is 0.625. The van der Waals surface area contributed by atoms with Crippen LogP contribution in [0.25, 0.3) is 0 Å². The maximum atomic E-state index is 9.46. The number of rotatable bonds is 7. The minimum Gasteiger partial charge on any atom is -0.393 e. The van der Waals surface area contributed by atoms with E-state index in [1.165, 1.54) is 29.5 Å². The molecule has 0 spiro atoms. The van der Waals surface area contributed by atoms with E-state index in [1.54, 1.807) is 0 Å². The van der Waals surface area contributed by atoms with Crippen LogP contribution in [0, 0.1) is 0 Å². The number of hydrogen-bond donors (Lipinski definition) is 1. The lowest BCUT2D eigenvalue weighted by Crippen LogP contribution is -2.06. The average Bonchev–Trinajstić information content (AvgIpc) is 2.29. The van der Waals surface area contributed by atoms with Crippen LogP contribution < -0.4 is 0 Å². The third kappa shape index (κ3) is 4.51. The summed E-state index contributed by atoms with van der Waals surface area (Å²) in [4.78, 5) is 0. The molecule has 1 atom stereocenters. The topological polar surface area (TPSA) is 20.2 Å². The number of aliphatic hydroxyl groups excluding tert-OH is 1. The first-order valence-corrected chi connectivity index (χ1v) is 6.96. The van der Waals surface area contributed by atoms with Crippen molar-refractivity contribution in [2.24, 2.45) is 0 Å². The predicted octanol–water partition coefficient (Wildman–Crippen LogP) is 3.91. The summed E-state index contributed by atoms with van der Waals surface area (Å²) in [7, 11) is 0. The minimum atomic E-state index is -0.195. The van der Waals surface area contributed by atoms with Crippen LogP contribution >= 0.6 is 0 Å². The lowest BCUT2D eigenvalue weighted by molar-refractivity contribution is 0.185. The van der Waals surface area contributed by atoms with Gasteiger partial charge in [-0.15, -0.1) is 0 Å². The van der Waals surface area contributed by atoms with E-state index in [0.717, 1.165) is 25.7 Å². The SMILES string of the molecule is CCCc1cccc(CCC)c1CCC(C)O. The molecular weight excluding hydrogens is 208 g/mol. The largest absolute Gasteiger partial charge is 0.393 e. The van der Waals surface area contributed by atoms with Crippen molar-refractivity contribution in [3.8, 4) is 0 Å². The van der Waals surface area contributed by atoms with E-state index in [-0.39, 0.29) is 6.10 Å². The van der Waals surface area contributed by atoms with Crippen molar-refractivity contribution in [3.05, 3.63) is 34.9 Å². The van der Waals surface area contributed by atoms with Gasteiger partial charge in [0, 0.05) is 0 Å². The van der Waals surface area contributed by atoms with Crippen LogP contribution in [0.2, 0.25) is 0 Å². The molecule has 96 valence electrons. The average molecular weight is 234 g/mol. The molecule has 0 fully saturated rings. The summed E-state index contributed by atoms with van der Waals surface area (Å²) in [5.74, 6) is 0. The third-order valence-corrected chi connectivity index (χ3v) is 3.22. The van der Waals surface area contributed by atoms with Gasteiger partial charge in [0.15, 0.2) is 0 Å². The Morgan fingerprint density at radius 2 is 1.53 bits per heavy atom. The number of aliphatic hydroxyl groups is 1. The third-order valence-electron chi connectivity index (χ3n) is 3.22. The standard InChI is InChI=1S/C16H26O/c1-4-7-14-9-6-10-15(8-5-2)16(14)12-11-13(3)17/h6,9-10,13,17H,4-5,7-8,11-12H2,1-3H3. The van der Waals surface area contributed by atoms with Gasteiger partial charge in [-0.2, -0.15) is 0 Å². The molecule has 1 aromatic rings. The van der Waals surface area contributed by atoms with Gasteiger partial charge < -0.3 is 5.11 Å². The summed E-state index contributed by atoms with van der Waals surface area (Å²) in [5, 5.41) is 9.46. The Morgan fingerprint density at radius 3 is 1.94 bits per heavy atom. The molecular formula is C16H26O. The fourth-order valence-electron chi connectivity index (χ4n) is 2.37. The number of aryl methyl sites for hydroxylation is 2. The van der Waals surface area contributed by atoms with Crippen LogP contribution in [0.1, 0.15) is 56.7 Å². The van der Waals surface area contributed by atoms with Crippen LogP contribution in [0.5, 0.6) is 0 Å². The van der Waals surface area contributed by atoms with Gasteiger partial charge in [0.2, 0.25) is 0 Å². The van der Waals surface area contributed by atoms with Crippen molar-refractivity contribution in [2.45, 2.75) is 65.4 Å². The Hall–Kier alpha value is -0.820. The van der Waals surface area contributed by atoms with E-state index in [2.05, 4.69) is 32.0 Å². The van der Waals surface area contributed by atoms with Gasteiger partial charge in [-0.1, -0.05) is 44.9 Å². The maximum Gasteiger partial charge on any atom is 0.0515 e. The zero-order valence-corrected chi connectivity index (χ0v) is 11.5. The van der Waals surface area contributed by atoms with E-state index in [4.69, 9.17) is 0 Å². The molecule has 0 saturated heterocycles. The van der Waals surface area contributed by atoms with E-state index >= 15 is 0 Å². The summed E-state index contributed by atoms with van der Waals surface area (Å²) in [6.45, 7) is 6.33. The van der Waals surface area contributed by atoms with Gasteiger partial charge in [-0.3, -0.25) is 0 Å². The van der Waals surface area contributed by atoms with Crippen LogP contribution in [0.3, 0.4) is 0 Å². The van der Waals surface area contributed by atoms with E-state index in [9.17, 15) is 5.11 Å². The lowest BCUT2D eigenvalue weighted by Gasteiger charge is -2.15. The minimum absolute atomic E-state index is 0.195. The summed E-state index contributed by atoms with van der Waals surface area (Å²) in [6, 6.07) is 6.68. The highest BCUT2D eigenvalue weighted by molar-refractivity contribution is 5.36. The Labute approximate surface area is 106 Å². The van der Waals surface area contributed by atoms with Crippen LogP contribution in [0.15, 0.2) is 18.2 Å². The molecule has 0 amide bonds. The molecule has 0 saturated carbocycles. The second-order valence-electron chi connectivity index (χ2n) is 4.94. The summed E-state index contributed by atoms with van der Waals surface area (Å²) >= 11 is 0. The Bertz CT molecular complexity index is 304. The molecule has 0 heterocycles. The van der Waals surface area contributed by atoms with Crippen LogP contribution in [-0.2, 0) is 19.3 Å². The van der Waals surface area contributed by atoms with Crippen molar-refractivity contribution < 1.29 is 5.11 Å². The van der Waals surface area contributed by atoms with Crippen molar-refractivity contribution in [1.29, 1.82) is 0 Å². The highest BCUT2D eigenvalue weighted by atomic mass is 16.3.